The van der Waals surface area contributed by atoms with E-state index in [1.54, 1.807) is 10.9 Å². The quantitative estimate of drug-likeness (QED) is 0.933. The molecule has 0 atom stereocenters. The van der Waals surface area contributed by atoms with Crippen molar-refractivity contribution in [3.8, 4) is 5.69 Å². The molecule has 0 amide bonds. The summed E-state index contributed by atoms with van der Waals surface area (Å²) in [5, 5.41) is 7.69. The average Bonchev–Trinajstić information content (AvgIpc) is 3.13. The first-order valence-electron chi connectivity index (χ1n) is 6.48. The zero-order chi connectivity index (χ0) is 14.2. The highest BCUT2D eigenvalue weighted by molar-refractivity contribution is 5.35. The lowest BCUT2D eigenvalue weighted by molar-refractivity contribution is -0.137. The van der Waals surface area contributed by atoms with Crippen LogP contribution in [0.3, 0.4) is 0 Å². The smallest absolute Gasteiger partial charge is 0.308 e. The molecule has 3 rings (SSSR count). The summed E-state index contributed by atoms with van der Waals surface area (Å²) < 4.78 is 39.0. The van der Waals surface area contributed by atoms with Crippen LogP contribution in [0.1, 0.15) is 24.1 Å². The Balaban J connectivity index is 1.71. The Morgan fingerprint density at radius 2 is 1.85 bits per heavy atom. The van der Waals surface area contributed by atoms with Gasteiger partial charge in [-0.2, -0.15) is 18.3 Å². The van der Waals surface area contributed by atoms with E-state index in [1.165, 1.54) is 25.0 Å². The van der Waals surface area contributed by atoms with Gasteiger partial charge in [0.2, 0.25) is 0 Å². The van der Waals surface area contributed by atoms with E-state index in [4.69, 9.17) is 0 Å². The van der Waals surface area contributed by atoms with Crippen LogP contribution in [0.2, 0.25) is 0 Å². The van der Waals surface area contributed by atoms with Crippen LogP contribution in [-0.4, -0.2) is 15.8 Å². The molecule has 0 bridgehead atoms. The topological polar surface area (TPSA) is 29.9 Å². The molecule has 1 aromatic carbocycles. The van der Waals surface area contributed by atoms with Crippen LogP contribution in [0.4, 0.5) is 13.2 Å². The van der Waals surface area contributed by atoms with Crippen molar-refractivity contribution in [3.05, 3.63) is 47.8 Å². The third-order valence-corrected chi connectivity index (χ3v) is 3.25. The van der Waals surface area contributed by atoms with Crippen molar-refractivity contribution < 1.29 is 13.2 Å². The molecule has 0 spiro atoms. The summed E-state index contributed by atoms with van der Waals surface area (Å²) in [6.45, 7) is 0.693. The number of hydrogen-bond acceptors (Lipinski definition) is 2. The van der Waals surface area contributed by atoms with Gasteiger partial charge in [0.25, 0.3) is 0 Å². The highest BCUT2D eigenvalue weighted by atomic mass is 19.4. The van der Waals surface area contributed by atoms with Crippen LogP contribution in [0.15, 0.2) is 36.5 Å². The van der Waals surface area contributed by atoms with Gasteiger partial charge >= 0.3 is 6.18 Å². The van der Waals surface area contributed by atoms with Crippen molar-refractivity contribution in [2.24, 2.45) is 0 Å². The van der Waals surface area contributed by atoms with Gasteiger partial charge in [0, 0.05) is 18.8 Å². The van der Waals surface area contributed by atoms with E-state index in [1.807, 2.05) is 6.07 Å². The van der Waals surface area contributed by atoms with Crippen LogP contribution in [0.25, 0.3) is 5.69 Å². The zero-order valence-corrected chi connectivity index (χ0v) is 10.7. The first kappa shape index (κ1) is 13.2. The lowest BCUT2D eigenvalue weighted by Gasteiger charge is -2.07. The summed E-state index contributed by atoms with van der Waals surface area (Å²) in [6, 6.07) is 7.46. The maximum absolute atomic E-state index is 12.5. The SMILES string of the molecule is FC(F)(F)c1ccc(-n2ccc(CNC3CC3)n2)cc1. The van der Waals surface area contributed by atoms with Gasteiger partial charge < -0.3 is 5.32 Å². The maximum Gasteiger partial charge on any atom is 0.416 e. The summed E-state index contributed by atoms with van der Waals surface area (Å²) in [5.74, 6) is 0. The minimum absolute atomic E-state index is 0.603. The third-order valence-electron chi connectivity index (χ3n) is 3.25. The number of benzene rings is 1. The molecule has 0 saturated heterocycles. The molecule has 1 aliphatic rings. The van der Waals surface area contributed by atoms with Crippen molar-refractivity contribution in [1.29, 1.82) is 0 Å². The van der Waals surface area contributed by atoms with E-state index in [9.17, 15) is 13.2 Å². The molecule has 3 nitrogen and oxygen atoms in total. The average molecular weight is 281 g/mol. The van der Waals surface area contributed by atoms with Gasteiger partial charge in [0.1, 0.15) is 0 Å². The molecule has 2 aromatic rings. The molecule has 0 radical (unpaired) electrons. The normalized spacial score (nSPS) is 15.6. The number of halogens is 3. The van der Waals surface area contributed by atoms with Crippen LogP contribution < -0.4 is 5.32 Å². The minimum Gasteiger partial charge on any atom is -0.308 e. The zero-order valence-electron chi connectivity index (χ0n) is 10.7. The molecule has 1 saturated carbocycles. The largest absolute Gasteiger partial charge is 0.416 e. The lowest BCUT2D eigenvalue weighted by atomic mass is 10.2. The molecule has 1 heterocycles. The van der Waals surface area contributed by atoms with Gasteiger partial charge in [0.15, 0.2) is 0 Å². The molecule has 20 heavy (non-hydrogen) atoms. The van der Waals surface area contributed by atoms with Crippen molar-refractivity contribution >= 4 is 0 Å². The molecule has 1 N–H and O–H groups in total. The van der Waals surface area contributed by atoms with Crippen molar-refractivity contribution in [1.82, 2.24) is 15.1 Å². The Morgan fingerprint density at radius 3 is 2.45 bits per heavy atom. The van der Waals surface area contributed by atoms with Gasteiger partial charge in [-0.3, -0.25) is 0 Å². The number of nitrogens with one attached hydrogen (secondary N) is 1. The molecule has 0 unspecified atom stereocenters. The van der Waals surface area contributed by atoms with Gasteiger partial charge in [-0.25, -0.2) is 4.68 Å². The summed E-state index contributed by atoms with van der Waals surface area (Å²) in [5.41, 5.74) is 0.858. The molecular formula is C14H14F3N3. The molecular weight excluding hydrogens is 267 g/mol. The van der Waals surface area contributed by atoms with Gasteiger partial charge in [0.05, 0.1) is 16.9 Å². The molecule has 0 aliphatic heterocycles. The first-order chi connectivity index (χ1) is 9.52. The molecule has 1 aliphatic carbocycles. The summed E-state index contributed by atoms with van der Waals surface area (Å²) in [4.78, 5) is 0. The minimum atomic E-state index is -4.30. The van der Waals surface area contributed by atoms with E-state index in [2.05, 4.69) is 10.4 Å². The Bertz CT molecular complexity index is 582. The van der Waals surface area contributed by atoms with Crippen molar-refractivity contribution in [3.63, 3.8) is 0 Å². The number of nitrogens with zero attached hydrogens (tertiary/aromatic N) is 2. The Kier molecular flexibility index (Phi) is 3.25. The molecule has 6 heteroatoms. The van der Waals surface area contributed by atoms with E-state index >= 15 is 0 Å². The fraction of sp³-hybridized carbons (Fsp3) is 0.357. The number of rotatable bonds is 4. The Hall–Kier alpha value is -1.82. The van der Waals surface area contributed by atoms with Gasteiger partial charge in [-0.1, -0.05) is 0 Å². The predicted molar refractivity (Wildman–Crippen MR) is 68.4 cm³/mol. The van der Waals surface area contributed by atoms with E-state index < -0.39 is 11.7 Å². The number of aromatic nitrogens is 2. The Morgan fingerprint density at radius 1 is 1.15 bits per heavy atom. The van der Waals surface area contributed by atoms with E-state index in [0.717, 1.165) is 17.8 Å². The van der Waals surface area contributed by atoms with Gasteiger partial charge in [-0.15, -0.1) is 0 Å². The summed E-state index contributed by atoms with van der Waals surface area (Å²) >= 11 is 0. The standard InChI is InChI=1S/C14H14F3N3/c15-14(16,17)10-1-5-13(6-2-10)20-8-7-12(19-20)9-18-11-3-4-11/h1-2,5-8,11,18H,3-4,9H2. The lowest BCUT2D eigenvalue weighted by Crippen LogP contribution is -2.15. The number of alkyl halides is 3. The van der Waals surface area contributed by atoms with E-state index in [-0.39, 0.29) is 0 Å². The molecule has 106 valence electrons. The fourth-order valence-corrected chi connectivity index (χ4v) is 1.94. The van der Waals surface area contributed by atoms with Gasteiger partial charge in [-0.05, 0) is 43.2 Å². The highest BCUT2D eigenvalue weighted by Gasteiger charge is 2.30. The molecule has 1 fully saturated rings. The van der Waals surface area contributed by atoms with Crippen LogP contribution in [-0.2, 0) is 12.7 Å². The third kappa shape index (κ3) is 3.01. The second kappa shape index (κ2) is 4.94. The second-order valence-electron chi connectivity index (χ2n) is 4.95. The maximum atomic E-state index is 12.5. The second-order valence-corrected chi connectivity index (χ2v) is 4.95. The van der Waals surface area contributed by atoms with Crippen LogP contribution >= 0.6 is 0 Å². The predicted octanol–water partition coefficient (Wildman–Crippen LogP) is 3.14. The van der Waals surface area contributed by atoms with Crippen LogP contribution in [0.5, 0.6) is 0 Å². The first-order valence-corrected chi connectivity index (χ1v) is 6.48. The summed E-state index contributed by atoms with van der Waals surface area (Å²) in [6.07, 6.45) is -0.131. The van der Waals surface area contributed by atoms with Crippen molar-refractivity contribution in [2.45, 2.75) is 31.6 Å². The van der Waals surface area contributed by atoms with Crippen molar-refractivity contribution in [2.75, 3.05) is 0 Å². The molecule has 1 aromatic heterocycles. The van der Waals surface area contributed by atoms with Crippen LogP contribution in [0, 0.1) is 0 Å². The number of hydrogen-bond donors (Lipinski definition) is 1. The monoisotopic (exact) mass is 281 g/mol. The Labute approximate surface area is 114 Å². The highest BCUT2D eigenvalue weighted by Crippen LogP contribution is 2.29. The summed E-state index contributed by atoms with van der Waals surface area (Å²) in [7, 11) is 0. The van der Waals surface area contributed by atoms with E-state index in [0.29, 0.717) is 18.3 Å². The fourth-order valence-electron chi connectivity index (χ4n) is 1.94.